The summed E-state index contributed by atoms with van der Waals surface area (Å²) in [6, 6.07) is 6.92. The molecule has 5 nitrogen and oxygen atoms in total. The Bertz CT molecular complexity index is 574. The van der Waals surface area contributed by atoms with Crippen molar-refractivity contribution in [2.24, 2.45) is 0 Å². The van der Waals surface area contributed by atoms with Crippen molar-refractivity contribution in [3.63, 3.8) is 0 Å². The third-order valence-corrected chi connectivity index (χ3v) is 2.73. The Hall–Kier alpha value is -2.01. The molecular formula is C14H17NO4. The molecule has 0 aliphatic carbocycles. The van der Waals surface area contributed by atoms with Gasteiger partial charge in [0.1, 0.15) is 0 Å². The molecule has 0 bridgehead atoms. The molecule has 102 valence electrons. The highest BCUT2D eigenvalue weighted by molar-refractivity contribution is 5.93. The van der Waals surface area contributed by atoms with E-state index in [4.69, 9.17) is 14.3 Å². The van der Waals surface area contributed by atoms with E-state index in [0.717, 1.165) is 18.4 Å². The number of para-hydroxylation sites is 1. The molecule has 0 unspecified atom stereocenters. The number of rotatable bonds is 6. The van der Waals surface area contributed by atoms with Gasteiger partial charge >= 0.3 is 5.97 Å². The summed E-state index contributed by atoms with van der Waals surface area (Å²) in [5.41, 5.74) is 0.491. The van der Waals surface area contributed by atoms with Crippen LogP contribution in [-0.4, -0.2) is 43.2 Å². The van der Waals surface area contributed by atoms with Gasteiger partial charge in [-0.15, -0.1) is 0 Å². The van der Waals surface area contributed by atoms with E-state index >= 15 is 0 Å². The Morgan fingerprint density at radius 3 is 2.89 bits per heavy atom. The fourth-order valence-electron chi connectivity index (χ4n) is 1.82. The number of benzene rings is 1. The molecule has 5 heteroatoms. The molecule has 19 heavy (non-hydrogen) atoms. The molecule has 0 aliphatic rings. The first-order valence-corrected chi connectivity index (χ1v) is 6.11. The predicted molar refractivity (Wildman–Crippen MR) is 71.8 cm³/mol. The molecule has 0 amide bonds. The molecule has 1 N–H and O–H groups in total. The normalized spacial score (nSPS) is 11.1. The van der Waals surface area contributed by atoms with E-state index in [1.165, 1.54) is 6.07 Å². The second-order valence-electron chi connectivity index (χ2n) is 4.60. The fraction of sp³-hybridized carbons (Fsp3) is 0.357. The summed E-state index contributed by atoms with van der Waals surface area (Å²) >= 11 is 0. The molecule has 1 aromatic heterocycles. The van der Waals surface area contributed by atoms with Crippen LogP contribution in [0.1, 0.15) is 17.0 Å². The van der Waals surface area contributed by atoms with Gasteiger partial charge in [-0.1, -0.05) is 12.1 Å². The molecular weight excluding hydrogens is 246 g/mol. The van der Waals surface area contributed by atoms with E-state index < -0.39 is 5.97 Å². The summed E-state index contributed by atoms with van der Waals surface area (Å²) < 4.78 is 11.0. The topological polar surface area (TPSA) is 62.9 Å². The third-order valence-electron chi connectivity index (χ3n) is 2.73. The van der Waals surface area contributed by atoms with E-state index in [2.05, 4.69) is 4.90 Å². The van der Waals surface area contributed by atoms with Crippen molar-refractivity contribution in [2.45, 2.75) is 6.42 Å². The number of hydrogen-bond acceptors (Lipinski definition) is 4. The van der Waals surface area contributed by atoms with Crippen LogP contribution >= 0.6 is 0 Å². The van der Waals surface area contributed by atoms with Gasteiger partial charge in [-0.2, -0.15) is 0 Å². The Balaban J connectivity index is 2.12. The minimum Gasteiger partial charge on any atom is -0.490 e. The summed E-state index contributed by atoms with van der Waals surface area (Å²) in [7, 11) is 4.01. The fourth-order valence-corrected chi connectivity index (χ4v) is 1.82. The van der Waals surface area contributed by atoms with E-state index in [-0.39, 0.29) is 5.76 Å². The van der Waals surface area contributed by atoms with Crippen molar-refractivity contribution in [3.8, 4) is 5.75 Å². The van der Waals surface area contributed by atoms with E-state index in [9.17, 15) is 4.79 Å². The van der Waals surface area contributed by atoms with Gasteiger partial charge in [0, 0.05) is 11.9 Å². The molecule has 2 aromatic rings. The second kappa shape index (κ2) is 5.75. The molecule has 0 fully saturated rings. The van der Waals surface area contributed by atoms with Crippen LogP contribution < -0.4 is 4.74 Å². The van der Waals surface area contributed by atoms with Crippen molar-refractivity contribution in [1.82, 2.24) is 4.90 Å². The van der Waals surface area contributed by atoms with Gasteiger partial charge in [-0.05, 0) is 32.6 Å². The molecule has 0 saturated carbocycles. The van der Waals surface area contributed by atoms with Crippen LogP contribution in [0.15, 0.2) is 28.7 Å². The molecule has 1 heterocycles. The van der Waals surface area contributed by atoms with E-state index in [0.29, 0.717) is 17.9 Å². The van der Waals surface area contributed by atoms with Crippen molar-refractivity contribution in [3.05, 3.63) is 30.0 Å². The van der Waals surface area contributed by atoms with Gasteiger partial charge in [0.15, 0.2) is 11.3 Å². The minimum atomic E-state index is -1.07. The number of nitrogens with zero attached hydrogens (tertiary/aromatic N) is 1. The highest BCUT2D eigenvalue weighted by Gasteiger charge is 2.13. The maximum atomic E-state index is 10.9. The van der Waals surface area contributed by atoms with Crippen LogP contribution in [0.2, 0.25) is 0 Å². The highest BCUT2D eigenvalue weighted by atomic mass is 16.5. The number of carboxylic acid groups (broad SMARTS) is 1. The van der Waals surface area contributed by atoms with Gasteiger partial charge in [0.25, 0.3) is 0 Å². The van der Waals surface area contributed by atoms with Gasteiger partial charge in [-0.3, -0.25) is 0 Å². The maximum absolute atomic E-state index is 10.9. The highest BCUT2D eigenvalue weighted by Crippen LogP contribution is 2.28. The number of carboxylic acids is 1. The first kappa shape index (κ1) is 13.4. The van der Waals surface area contributed by atoms with Gasteiger partial charge < -0.3 is 19.2 Å². The smallest absolute Gasteiger partial charge is 0.371 e. The number of carbonyl (C=O) groups is 1. The van der Waals surface area contributed by atoms with Crippen molar-refractivity contribution in [1.29, 1.82) is 0 Å². The van der Waals surface area contributed by atoms with Gasteiger partial charge in [-0.25, -0.2) is 4.79 Å². The monoisotopic (exact) mass is 263 g/mol. The Labute approximate surface area is 111 Å². The first-order chi connectivity index (χ1) is 9.08. The minimum absolute atomic E-state index is 0.0701. The van der Waals surface area contributed by atoms with Crippen LogP contribution in [0, 0.1) is 0 Å². The molecule has 2 rings (SSSR count). The maximum Gasteiger partial charge on any atom is 0.371 e. The number of furan rings is 1. The number of ether oxygens (including phenoxy) is 1. The standard InChI is InChI=1S/C14H17NO4/c1-15(2)7-4-8-18-11-6-3-5-10-9-12(14(16)17)19-13(10)11/h3,5-6,9H,4,7-8H2,1-2H3,(H,16,17). The largest absolute Gasteiger partial charge is 0.490 e. The lowest BCUT2D eigenvalue weighted by atomic mass is 10.2. The first-order valence-electron chi connectivity index (χ1n) is 6.11. The van der Waals surface area contributed by atoms with Crippen molar-refractivity contribution < 1.29 is 19.1 Å². The number of fused-ring (bicyclic) bond motifs is 1. The third kappa shape index (κ3) is 3.26. The van der Waals surface area contributed by atoms with E-state index in [1.807, 2.05) is 20.2 Å². The van der Waals surface area contributed by atoms with Crippen LogP contribution in [-0.2, 0) is 0 Å². The van der Waals surface area contributed by atoms with Gasteiger partial charge in [0.2, 0.25) is 5.76 Å². The second-order valence-corrected chi connectivity index (χ2v) is 4.60. The van der Waals surface area contributed by atoms with Gasteiger partial charge in [0.05, 0.1) is 6.61 Å². The zero-order chi connectivity index (χ0) is 13.8. The zero-order valence-corrected chi connectivity index (χ0v) is 11.0. The summed E-state index contributed by atoms with van der Waals surface area (Å²) in [6.07, 6.45) is 0.899. The number of aromatic carboxylic acids is 1. The molecule has 1 aromatic carbocycles. The lowest BCUT2D eigenvalue weighted by molar-refractivity contribution is 0.0665. The molecule has 0 saturated heterocycles. The molecule has 0 aliphatic heterocycles. The summed E-state index contributed by atoms with van der Waals surface area (Å²) in [5.74, 6) is -0.558. The van der Waals surface area contributed by atoms with Crippen LogP contribution in [0.4, 0.5) is 0 Å². The molecule has 0 radical (unpaired) electrons. The summed E-state index contributed by atoms with van der Waals surface area (Å²) in [5, 5.41) is 9.65. The SMILES string of the molecule is CN(C)CCCOc1cccc2cc(C(=O)O)oc12. The van der Waals surface area contributed by atoms with Crippen molar-refractivity contribution >= 4 is 16.9 Å². The van der Waals surface area contributed by atoms with Crippen LogP contribution in [0.3, 0.4) is 0 Å². The average molecular weight is 263 g/mol. The van der Waals surface area contributed by atoms with Crippen molar-refractivity contribution in [2.75, 3.05) is 27.2 Å². The quantitative estimate of drug-likeness (QED) is 0.811. The lowest BCUT2D eigenvalue weighted by Gasteiger charge is -2.10. The number of hydrogen-bond donors (Lipinski definition) is 1. The zero-order valence-electron chi connectivity index (χ0n) is 11.0. The molecule has 0 atom stereocenters. The van der Waals surface area contributed by atoms with Crippen LogP contribution in [0.25, 0.3) is 11.0 Å². The predicted octanol–water partition coefficient (Wildman–Crippen LogP) is 2.46. The lowest BCUT2D eigenvalue weighted by Crippen LogP contribution is -2.15. The van der Waals surface area contributed by atoms with Crippen LogP contribution in [0.5, 0.6) is 5.75 Å². The van der Waals surface area contributed by atoms with E-state index in [1.54, 1.807) is 12.1 Å². The summed E-state index contributed by atoms with van der Waals surface area (Å²) in [6.45, 7) is 1.51. The molecule has 0 spiro atoms. The summed E-state index contributed by atoms with van der Waals surface area (Å²) in [4.78, 5) is 13.0. The Morgan fingerprint density at radius 1 is 1.42 bits per heavy atom. The Kier molecular flexibility index (Phi) is 4.06. The average Bonchev–Trinajstić information content (AvgIpc) is 2.79. The Morgan fingerprint density at radius 2 is 2.21 bits per heavy atom.